The number of rotatable bonds is 5. The molecule has 7 nitrogen and oxygen atoms in total. The van der Waals surface area contributed by atoms with Crippen LogP contribution in [0.2, 0.25) is 0 Å². The van der Waals surface area contributed by atoms with E-state index in [-0.39, 0.29) is 24.6 Å². The second-order valence-electron chi connectivity index (χ2n) is 7.18. The van der Waals surface area contributed by atoms with Crippen molar-refractivity contribution in [2.75, 3.05) is 19.7 Å². The molecule has 7 heteroatoms. The van der Waals surface area contributed by atoms with Crippen LogP contribution in [-0.4, -0.2) is 73.2 Å². The Hall–Kier alpha value is -1.96. The van der Waals surface area contributed by atoms with Crippen molar-refractivity contribution in [3.8, 4) is 0 Å². The molecule has 0 aromatic carbocycles. The normalized spacial score (nSPS) is 25.1. The molecule has 1 amide bonds. The van der Waals surface area contributed by atoms with E-state index in [0.717, 1.165) is 24.3 Å². The average Bonchev–Trinajstić information content (AvgIpc) is 3.24. The highest BCUT2D eigenvalue weighted by atomic mass is 16.3. The molecule has 0 spiro atoms. The predicted octanol–water partition coefficient (Wildman–Crippen LogP) is 0.171. The van der Waals surface area contributed by atoms with Crippen LogP contribution in [0, 0.1) is 6.92 Å². The number of pyridine rings is 1. The number of likely N-dealkylation sites (tertiary alicyclic amines) is 2. The Labute approximate surface area is 146 Å². The Kier molecular flexibility index (Phi) is 4.23. The van der Waals surface area contributed by atoms with Gasteiger partial charge in [0.2, 0.25) is 5.91 Å². The number of amides is 1. The van der Waals surface area contributed by atoms with Gasteiger partial charge in [-0.2, -0.15) is 0 Å². The fraction of sp³-hybridized carbons (Fsp3) is 0.556. The van der Waals surface area contributed by atoms with E-state index in [9.17, 15) is 9.90 Å². The third-order valence-corrected chi connectivity index (χ3v) is 5.37. The van der Waals surface area contributed by atoms with Gasteiger partial charge in [0.05, 0.1) is 24.9 Å². The summed E-state index contributed by atoms with van der Waals surface area (Å²) in [6.07, 6.45) is 4.67. The number of aromatic nitrogens is 2. The lowest BCUT2D eigenvalue weighted by Crippen LogP contribution is -2.40. The molecule has 2 N–H and O–H groups in total. The smallest absolute Gasteiger partial charge is 0.224 e. The molecule has 4 rings (SSSR count). The topological polar surface area (TPSA) is 81.3 Å². The molecule has 134 valence electrons. The summed E-state index contributed by atoms with van der Waals surface area (Å²) in [7, 11) is 0. The maximum atomic E-state index is 12.5. The first kappa shape index (κ1) is 16.5. The molecule has 2 aliphatic rings. The van der Waals surface area contributed by atoms with Gasteiger partial charge in [-0.05, 0) is 25.0 Å². The van der Waals surface area contributed by atoms with E-state index in [1.165, 1.54) is 5.56 Å². The van der Waals surface area contributed by atoms with Crippen molar-refractivity contribution >= 4 is 11.6 Å². The summed E-state index contributed by atoms with van der Waals surface area (Å²) in [5.41, 5.74) is 2.96. The van der Waals surface area contributed by atoms with Gasteiger partial charge in [-0.1, -0.05) is 6.07 Å². The Morgan fingerprint density at radius 1 is 1.32 bits per heavy atom. The molecule has 3 atom stereocenters. The van der Waals surface area contributed by atoms with Crippen molar-refractivity contribution in [1.29, 1.82) is 0 Å². The maximum absolute atomic E-state index is 12.5. The van der Waals surface area contributed by atoms with Gasteiger partial charge in [0.25, 0.3) is 0 Å². The van der Waals surface area contributed by atoms with Crippen LogP contribution in [0.3, 0.4) is 0 Å². The Morgan fingerprint density at radius 3 is 2.96 bits per heavy atom. The Balaban J connectivity index is 1.50. The second-order valence-corrected chi connectivity index (χ2v) is 7.18. The Morgan fingerprint density at radius 2 is 2.16 bits per heavy atom. The molecule has 0 aliphatic carbocycles. The molecule has 0 radical (unpaired) electrons. The van der Waals surface area contributed by atoms with Gasteiger partial charge in [0.15, 0.2) is 0 Å². The van der Waals surface area contributed by atoms with E-state index in [0.29, 0.717) is 19.5 Å². The van der Waals surface area contributed by atoms with Gasteiger partial charge in [-0.25, -0.2) is 4.98 Å². The summed E-state index contributed by atoms with van der Waals surface area (Å²) in [4.78, 5) is 21.2. The summed E-state index contributed by atoms with van der Waals surface area (Å²) in [5, 5.41) is 18.8. The highest BCUT2D eigenvalue weighted by molar-refractivity contribution is 5.80. The molecular formula is C18H24N4O3. The maximum Gasteiger partial charge on any atom is 0.224 e. The van der Waals surface area contributed by atoms with Crippen molar-refractivity contribution < 1.29 is 15.0 Å². The predicted molar refractivity (Wildman–Crippen MR) is 92.0 cm³/mol. The van der Waals surface area contributed by atoms with Crippen LogP contribution in [0.1, 0.15) is 24.1 Å². The average molecular weight is 344 g/mol. The van der Waals surface area contributed by atoms with Crippen LogP contribution in [0.5, 0.6) is 0 Å². The van der Waals surface area contributed by atoms with Crippen molar-refractivity contribution in [3.05, 3.63) is 35.8 Å². The van der Waals surface area contributed by atoms with Crippen LogP contribution >= 0.6 is 0 Å². The lowest BCUT2D eigenvalue weighted by Gasteiger charge is -2.26. The number of fused-ring (bicyclic) bond motifs is 2. The number of aliphatic hydroxyl groups excluding tert-OH is 2. The third kappa shape index (κ3) is 3.03. The van der Waals surface area contributed by atoms with Gasteiger partial charge in [-0.3, -0.25) is 9.69 Å². The third-order valence-electron chi connectivity index (χ3n) is 5.37. The first-order chi connectivity index (χ1) is 12.0. The summed E-state index contributed by atoms with van der Waals surface area (Å²) < 4.78 is 2.00. The van der Waals surface area contributed by atoms with Crippen LogP contribution in [0.25, 0.3) is 5.65 Å². The first-order valence-corrected chi connectivity index (χ1v) is 8.82. The van der Waals surface area contributed by atoms with Crippen molar-refractivity contribution in [2.24, 2.45) is 0 Å². The zero-order valence-electron chi connectivity index (χ0n) is 14.4. The van der Waals surface area contributed by atoms with Crippen LogP contribution in [0.4, 0.5) is 0 Å². The number of hydrogen-bond acceptors (Lipinski definition) is 5. The summed E-state index contributed by atoms with van der Waals surface area (Å²) >= 11 is 0. The van der Waals surface area contributed by atoms with Crippen LogP contribution < -0.4 is 0 Å². The number of β-amino-alcohol motifs (C(OH)–C–C–N with tert-alkyl or cyclic N) is 1. The zero-order chi connectivity index (χ0) is 17.6. The summed E-state index contributed by atoms with van der Waals surface area (Å²) in [5.74, 6) is 0.145. The fourth-order valence-electron chi connectivity index (χ4n) is 4.18. The van der Waals surface area contributed by atoms with Crippen molar-refractivity contribution in [2.45, 2.75) is 44.5 Å². The Bertz CT molecular complexity index is 790. The van der Waals surface area contributed by atoms with Gasteiger partial charge >= 0.3 is 0 Å². The number of aryl methyl sites for hydroxylation is 1. The molecule has 2 fully saturated rings. The minimum atomic E-state index is -0.746. The molecule has 25 heavy (non-hydrogen) atoms. The number of carbonyl (C=O) groups is 1. The van der Waals surface area contributed by atoms with E-state index >= 15 is 0 Å². The molecule has 2 aliphatic heterocycles. The van der Waals surface area contributed by atoms with E-state index in [4.69, 9.17) is 5.11 Å². The molecule has 0 bridgehead atoms. The second kappa shape index (κ2) is 6.40. The summed E-state index contributed by atoms with van der Waals surface area (Å²) in [6.45, 7) is 3.60. The molecule has 2 aromatic heterocycles. The lowest BCUT2D eigenvalue weighted by atomic mass is 10.1. The largest absolute Gasteiger partial charge is 0.394 e. The zero-order valence-corrected chi connectivity index (χ0v) is 14.4. The molecule has 2 aromatic rings. The number of aliphatic hydroxyl groups is 2. The highest BCUT2D eigenvalue weighted by Crippen LogP contribution is 2.33. The molecule has 4 heterocycles. The number of imidazole rings is 1. The number of carbonyl (C=O) groups excluding carboxylic acids is 1. The van der Waals surface area contributed by atoms with Crippen molar-refractivity contribution in [1.82, 2.24) is 19.2 Å². The summed E-state index contributed by atoms with van der Waals surface area (Å²) in [6, 6.07) is 4.32. The van der Waals surface area contributed by atoms with Crippen LogP contribution in [-0.2, 0) is 11.3 Å². The van der Waals surface area contributed by atoms with E-state index < -0.39 is 6.10 Å². The first-order valence-electron chi connectivity index (χ1n) is 8.82. The standard InChI is InChI=1S/C18H24N4O3/c1-12-2-3-17-19-13(8-21(17)7-12)9-22-15-4-5-20(10-14(24)11-23)16(15)6-18(22)25/h2-3,7-8,14-16,23-24H,4-6,9-11H2,1H3/t14?,15-,16-/m0/s1. The van der Waals surface area contributed by atoms with Gasteiger partial charge in [0.1, 0.15) is 5.65 Å². The van der Waals surface area contributed by atoms with Crippen LogP contribution in [0.15, 0.2) is 24.5 Å². The van der Waals surface area contributed by atoms with Gasteiger partial charge < -0.3 is 19.5 Å². The van der Waals surface area contributed by atoms with E-state index in [2.05, 4.69) is 9.88 Å². The monoisotopic (exact) mass is 344 g/mol. The lowest BCUT2D eigenvalue weighted by molar-refractivity contribution is -0.129. The number of nitrogens with zero attached hydrogens (tertiary/aromatic N) is 4. The molecule has 1 unspecified atom stereocenters. The minimum Gasteiger partial charge on any atom is -0.394 e. The van der Waals surface area contributed by atoms with Gasteiger partial charge in [-0.15, -0.1) is 0 Å². The van der Waals surface area contributed by atoms with Crippen molar-refractivity contribution in [3.63, 3.8) is 0 Å². The molecule has 0 saturated carbocycles. The SMILES string of the molecule is Cc1ccc2nc(CN3C(=O)C[C@H]4[C@@H]3CCN4CC(O)CO)cn2c1. The molecule has 2 saturated heterocycles. The molecular weight excluding hydrogens is 320 g/mol. The van der Waals surface area contributed by atoms with E-state index in [1.807, 2.05) is 40.8 Å². The fourth-order valence-corrected chi connectivity index (χ4v) is 4.18. The van der Waals surface area contributed by atoms with E-state index in [1.54, 1.807) is 0 Å². The highest BCUT2D eigenvalue weighted by Gasteiger charge is 2.46. The quantitative estimate of drug-likeness (QED) is 0.808. The minimum absolute atomic E-state index is 0.132. The number of hydrogen-bond donors (Lipinski definition) is 2. The van der Waals surface area contributed by atoms with Gasteiger partial charge in [0, 0.05) is 44.0 Å².